The molecule has 3 heterocycles. The van der Waals surface area contributed by atoms with E-state index >= 15 is 0 Å². The number of benzene rings is 1. The number of hydrogen-bond donors (Lipinski definition) is 0. The lowest BCUT2D eigenvalue weighted by molar-refractivity contribution is 0.459. The summed E-state index contributed by atoms with van der Waals surface area (Å²) in [5.74, 6) is 0.878. The van der Waals surface area contributed by atoms with Crippen molar-refractivity contribution in [2.45, 2.75) is 31.8 Å². The number of aromatic nitrogens is 2. The van der Waals surface area contributed by atoms with Gasteiger partial charge >= 0.3 is 0 Å². The molecule has 1 aromatic carbocycles. The van der Waals surface area contributed by atoms with E-state index in [1.165, 1.54) is 19.3 Å². The number of fused-ring (bicyclic) bond motifs is 4. The van der Waals surface area contributed by atoms with Crippen LogP contribution in [0.2, 0.25) is 0 Å². The van der Waals surface area contributed by atoms with Crippen molar-refractivity contribution < 1.29 is 0 Å². The lowest BCUT2D eigenvalue weighted by atomic mass is 10.0. The first-order valence-electron chi connectivity index (χ1n) is 6.61. The molecule has 0 bridgehead atoms. The highest BCUT2D eigenvalue weighted by atomic mass is 16.1. The quantitative estimate of drug-likeness (QED) is 0.705. The third-order valence-corrected chi connectivity index (χ3v) is 4.12. The molecule has 1 saturated heterocycles. The minimum Gasteiger partial charge on any atom is -0.337 e. The molecule has 4 nitrogen and oxygen atoms in total. The second-order valence-electron chi connectivity index (χ2n) is 5.19. The first kappa shape index (κ1) is 10.1. The first-order chi connectivity index (χ1) is 8.84. The molecular weight excluding hydrogens is 226 g/mol. The number of piperidine rings is 1. The summed E-state index contributed by atoms with van der Waals surface area (Å²) in [5, 5.41) is 0.737. The van der Waals surface area contributed by atoms with Crippen molar-refractivity contribution in [3.8, 4) is 0 Å². The van der Waals surface area contributed by atoms with Crippen molar-refractivity contribution in [2.24, 2.45) is 0 Å². The summed E-state index contributed by atoms with van der Waals surface area (Å²) >= 11 is 0. The van der Waals surface area contributed by atoms with E-state index in [1.54, 1.807) is 0 Å². The summed E-state index contributed by atoms with van der Waals surface area (Å²) in [5.41, 5.74) is 0.935. The van der Waals surface area contributed by atoms with E-state index in [0.29, 0.717) is 6.04 Å². The molecule has 1 fully saturated rings. The molecule has 0 amide bonds. The van der Waals surface area contributed by atoms with Crippen LogP contribution in [0.15, 0.2) is 29.1 Å². The monoisotopic (exact) mass is 241 g/mol. The zero-order chi connectivity index (χ0) is 12.1. The normalized spacial score (nSPS) is 22.0. The smallest absolute Gasteiger partial charge is 0.262 e. The SMILES string of the molecule is O=c1c2ccccc2nc2n1CC1CCCCN21. The summed E-state index contributed by atoms with van der Waals surface area (Å²) in [7, 11) is 0. The van der Waals surface area contributed by atoms with Crippen LogP contribution in [0.4, 0.5) is 5.95 Å². The Balaban J connectivity index is 1.99. The van der Waals surface area contributed by atoms with Crippen LogP contribution in [0.5, 0.6) is 0 Å². The third-order valence-electron chi connectivity index (χ3n) is 4.12. The number of hydrogen-bond acceptors (Lipinski definition) is 3. The lowest BCUT2D eigenvalue weighted by Crippen LogP contribution is -2.36. The van der Waals surface area contributed by atoms with Crippen molar-refractivity contribution in [2.75, 3.05) is 11.4 Å². The largest absolute Gasteiger partial charge is 0.337 e. The van der Waals surface area contributed by atoms with Crippen molar-refractivity contribution in [3.05, 3.63) is 34.6 Å². The summed E-state index contributed by atoms with van der Waals surface area (Å²) in [4.78, 5) is 19.5. The Labute approximate surface area is 105 Å². The van der Waals surface area contributed by atoms with E-state index in [0.717, 1.165) is 29.9 Å². The highest BCUT2D eigenvalue weighted by molar-refractivity contribution is 5.79. The van der Waals surface area contributed by atoms with Crippen LogP contribution in [0.1, 0.15) is 19.3 Å². The fourth-order valence-electron chi connectivity index (χ4n) is 3.20. The van der Waals surface area contributed by atoms with E-state index in [4.69, 9.17) is 0 Å². The van der Waals surface area contributed by atoms with Gasteiger partial charge in [0.15, 0.2) is 0 Å². The number of rotatable bonds is 0. The fraction of sp³-hybridized carbons (Fsp3) is 0.429. The zero-order valence-corrected chi connectivity index (χ0v) is 10.2. The second kappa shape index (κ2) is 3.57. The van der Waals surface area contributed by atoms with Gasteiger partial charge in [0.2, 0.25) is 5.95 Å². The molecule has 2 aliphatic heterocycles. The Hall–Kier alpha value is -1.84. The second-order valence-corrected chi connectivity index (χ2v) is 5.19. The number of nitrogens with zero attached hydrogens (tertiary/aromatic N) is 3. The van der Waals surface area contributed by atoms with Crippen molar-refractivity contribution in [1.29, 1.82) is 0 Å². The van der Waals surface area contributed by atoms with Crippen molar-refractivity contribution in [3.63, 3.8) is 0 Å². The predicted molar refractivity (Wildman–Crippen MR) is 71.0 cm³/mol. The van der Waals surface area contributed by atoms with Gasteiger partial charge in [-0.25, -0.2) is 4.98 Å². The molecule has 1 unspecified atom stereocenters. The minimum absolute atomic E-state index is 0.116. The zero-order valence-electron chi connectivity index (χ0n) is 10.2. The first-order valence-corrected chi connectivity index (χ1v) is 6.61. The van der Waals surface area contributed by atoms with Gasteiger partial charge in [0.1, 0.15) is 0 Å². The van der Waals surface area contributed by atoms with Gasteiger partial charge in [0, 0.05) is 19.1 Å². The van der Waals surface area contributed by atoms with E-state index in [2.05, 4.69) is 9.88 Å². The molecule has 2 aliphatic rings. The van der Waals surface area contributed by atoms with Crippen LogP contribution in [0, 0.1) is 0 Å². The van der Waals surface area contributed by atoms with Crippen LogP contribution in [-0.4, -0.2) is 22.1 Å². The fourth-order valence-corrected chi connectivity index (χ4v) is 3.20. The number of para-hydroxylation sites is 1. The molecular formula is C14H15N3O. The van der Waals surface area contributed by atoms with Gasteiger partial charge in [0.25, 0.3) is 5.56 Å². The van der Waals surface area contributed by atoms with E-state index in [-0.39, 0.29) is 5.56 Å². The van der Waals surface area contributed by atoms with Crippen LogP contribution in [0.25, 0.3) is 10.9 Å². The standard InChI is InChI=1S/C14H15N3O/c18-13-11-6-1-2-7-12(11)15-14-16-8-4-3-5-10(16)9-17(13)14/h1-2,6-7,10H,3-5,8-9H2. The van der Waals surface area contributed by atoms with E-state index in [1.807, 2.05) is 28.8 Å². The molecule has 0 spiro atoms. The van der Waals surface area contributed by atoms with Gasteiger partial charge in [-0.3, -0.25) is 9.36 Å². The Kier molecular flexibility index (Phi) is 2.01. The molecule has 2 aromatic rings. The number of anilines is 1. The average Bonchev–Trinajstić information content (AvgIpc) is 2.79. The topological polar surface area (TPSA) is 38.1 Å². The van der Waals surface area contributed by atoms with Gasteiger partial charge in [-0.15, -0.1) is 0 Å². The van der Waals surface area contributed by atoms with Gasteiger partial charge in [-0.1, -0.05) is 12.1 Å². The maximum Gasteiger partial charge on any atom is 0.262 e. The molecule has 18 heavy (non-hydrogen) atoms. The molecule has 4 heteroatoms. The molecule has 0 radical (unpaired) electrons. The lowest BCUT2D eigenvalue weighted by Gasteiger charge is -2.29. The summed E-state index contributed by atoms with van der Waals surface area (Å²) < 4.78 is 1.86. The van der Waals surface area contributed by atoms with E-state index < -0.39 is 0 Å². The van der Waals surface area contributed by atoms with Gasteiger partial charge in [0.05, 0.1) is 10.9 Å². The van der Waals surface area contributed by atoms with Gasteiger partial charge in [-0.2, -0.15) is 0 Å². The summed E-state index contributed by atoms with van der Waals surface area (Å²) in [6, 6.07) is 8.12. The highest BCUT2D eigenvalue weighted by Gasteiger charge is 2.33. The van der Waals surface area contributed by atoms with Crippen molar-refractivity contribution in [1.82, 2.24) is 9.55 Å². The summed E-state index contributed by atoms with van der Waals surface area (Å²) in [6.07, 6.45) is 3.65. The van der Waals surface area contributed by atoms with Crippen LogP contribution >= 0.6 is 0 Å². The molecule has 4 rings (SSSR count). The van der Waals surface area contributed by atoms with Crippen molar-refractivity contribution >= 4 is 16.9 Å². The summed E-state index contributed by atoms with van der Waals surface area (Å²) in [6.45, 7) is 1.85. The minimum atomic E-state index is 0.116. The maximum atomic E-state index is 12.5. The maximum absolute atomic E-state index is 12.5. The third kappa shape index (κ3) is 1.26. The van der Waals surface area contributed by atoms with Gasteiger partial charge < -0.3 is 4.90 Å². The Bertz CT molecular complexity index is 676. The van der Waals surface area contributed by atoms with Crippen LogP contribution in [-0.2, 0) is 6.54 Å². The Morgan fingerprint density at radius 1 is 1.22 bits per heavy atom. The Morgan fingerprint density at radius 3 is 3.06 bits per heavy atom. The molecule has 0 N–H and O–H groups in total. The molecule has 0 saturated carbocycles. The predicted octanol–water partition coefficient (Wildman–Crippen LogP) is 1.77. The molecule has 1 aromatic heterocycles. The highest BCUT2D eigenvalue weighted by Crippen LogP contribution is 2.30. The van der Waals surface area contributed by atoms with Crippen LogP contribution in [0.3, 0.4) is 0 Å². The molecule has 0 aliphatic carbocycles. The van der Waals surface area contributed by atoms with Crippen LogP contribution < -0.4 is 10.5 Å². The van der Waals surface area contributed by atoms with Gasteiger partial charge in [-0.05, 0) is 31.4 Å². The van der Waals surface area contributed by atoms with E-state index in [9.17, 15) is 4.79 Å². The molecule has 1 atom stereocenters. The average molecular weight is 241 g/mol. The molecule has 92 valence electrons. The Morgan fingerprint density at radius 2 is 2.11 bits per heavy atom.